The molecule has 1 aliphatic rings. The lowest BCUT2D eigenvalue weighted by Gasteiger charge is -2.36. The number of allylic oxidation sites excluding steroid dienone is 1. The lowest BCUT2D eigenvalue weighted by atomic mass is 9.81. The van der Waals surface area contributed by atoms with Crippen molar-refractivity contribution < 1.29 is 23.8 Å². The first-order chi connectivity index (χ1) is 14.6. The molecule has 2 N–H and O–H groups in total. The molecular formula is C23H28FNO4S. The largest absolute Gasteiger partial charge is 0.459 e. The number of thiophene rings is 1. The van der Waals surface area contributed by atoms with Crippen LogP contribution in [-0.4, -0.2) is 37.1 Å². The van der Waals surface area contributed by atoms with Crippen molar-refractivity contribution in [2.24, 2.45) is 5.92 Å². The number of carbonyl (C=O) groups is 1. The summed E-state index contributed by atoms with van der Waals surface area (Å²) in [5.41, 5.74) is 2.07. The second-order valence-electron chi connectivity index (χ2n) is 7.22. The van der Waals surface area contributed by atoms with Gasteiger partial charge in [0.1, 0.15) is 5.82 Å². The molecular weight excluding hydrogens is 405 g/mol. The average molecular weight is 434 g/mol. The fourth-order valence-electron chi connectivity index (χ4n) is 3.67. The summed E-state index contributed by atoms with van der Waals surface area (Å²) in [7, 11) is 0. The van der Waals surface area contributed by atoms with Crippen molar-refractivity contribution in [3.05, 3.63) is 69.9 Å². The van der Waals surface area contributed by atoms with Crippen LogP contribution < -0.4 is 5.32 Å². The molecule has 0 saturated heterocycles. The molecule has 0 saturated carbocycles. The highest BCUT2D eigenvalue weighted by Crippen LogP contribution is 2.40. The van der Waals surface area contributed by atoms with Gasteiger partial charge in [-0.05, 0) is 72.3 Å². The van der Waals surface area contributed by atoms with E-state index in [4.69, 9.17) is 9.47 Å². The third-order valence-electron chi connectivity index (χ3n) is 5.18. The van der Waals surface area contributed by atoms with Crippen LogP contribution in [0.25, 0.3) is 0 Å². The van der Waals surface area contributed by atoms with Crippen molar-refractivity contribution in [3.63, 3.8) is 0 Å². The van der Waals surface area contributed by atoms with E-state index in [0.717, 1.165) is 17.5 Å². The molecule has 7 heteroatoms. The van der Waals surface area contributed by atoms with Crippen LogP contribution in [0.2, 0.25) is 0 Å². The number of aliphatic hydroxyl groups excluding tert-OH is 1. The maximum atomic E-state index is 13.0. The minimum atomic E-state index is -0.547. The Balaban J connectivity index is 1.71. The van der Waals surface area contributed by atoms with Crippen molar-refractivity contribution in [1.82, 2.24) is 5.32 Å². The van der Waals surface area contributed by atoms with Crippen LogP contribution in [0.4, 0.5) is 4.39 Å². The fraction of sp³-hybridized carbons (Fsp3) is 0.435. The molecule has 0 spiro atoms. The quantitative estimate of drug-likeness (QED) is 0.594. The highest BCUT2D eigenvalue weighted by molar-refractivity contribution is 7.08. The van der Waals surface area contributed by atoms with Gasteiger partial charge in [0.25, 0.3) is 5.91 Å². The SMILES string of the molecule is CCO[C@H]1OC(C(=O)NCCc2ccc(F)cc2)=C[C@@H](c2ccsc2)[C@H]1CCCO. The smallest absolute Gasteiger partial charge is 0.286 e. The van der Waals surface area contributed by atoms with Gasteiger partial charge in [-0.1, -0.05) is 12.1 Å². The Morgan fingerprint density at radius 2 is 2.10 bits per heavy atom. The zero-order valence-electron chi connectivity index (χ0n) is 17.1. The number of nitrogens with one attached hydrogen (secondary N) is 1. The number of amides is 1. The number of carbonyl (C=O) groups excluding carboxylic acids is 1. The summed E-state index contributed by atoms with van der Waals surface area (Å²) < 4.78 is 24.8. The number of hydrogen-bond acceptors (Lipinski definition) is 5. The molecule has 0 unspecified atom stereocenters. The Kier molecular flexibility index (Phi) is 8.42. The van der Waals surface area contributed by atoms with E-state index >= 15 is 0 Å². The monoisotopic (exact) mass is 433 g/mol. The first kappa shape index (κ1) is 22.5. The van der Waals surface area contributed by atoms with E-state index in [9.17, 15) is 14.3 Å². The second kappa shape index (κ2) is 11.2. The molecule has 3 rings (SSSR count). The molecule has 5 nitrogen and oxygen atoms in total. The highest BCUT2D eigenvalue weighted by atomic mass is 32.1. The lowest BCUT2D eigenvalue weighted by Crippen LogP contribution is -2.39. The Labute approximate surface area is 180 Å². The van der Waals surface area contributed by atoms with E-state index in [1.165, 1.54) is 12.1 Å². The number of halogens is 1. The third-order valence-corrected chi connectivity index (χ3v) is 5.88. The number of ether oxygens (including phenoxy) is 2. The molecule has 0 bridgehead atoms. The fourth-order valence-corrected chi connectivity index (χ4v) is 4.38. The van der Waals surface area contributed by atoms with Gasteiger partial charge in [-0.15, -0.1) is 0 Å². The number of benzene rings is 1. The first-order valence-electron chi connectivity index (χ1n) is 10.3. The van der Waals surface area contributed by atoms with E-state index < -0.39 is 6.29 Å². The Bertz CT molecular complexity index is 822. The normalized spacial score (nSPS) is 21.0. The van der Waals surface area contributed by atoms with E-state index in [-0.39, 0.29) is 35.9 Å². The topological polar surface area (TPSA) is 67.8 Å². The molecule has 1 aromatic carbocycles. The van der Waals surface area contributed by atoms with E-state index in [1.807, 2.05) is 18.4 Å². The minimum Gasteiger partial charge on any atom is -0.459 e. The van der Waals surface area contributed by atoms with Gasteiger partial charge < -0.3 is 19.9 Å². The maximum Gasteiger partial charge on any atom is 0.286 e. The lowest BCUT2D eigenvalue weighted by molar-refractivity contribution is -0.166. The molecule has 0 radical (unpaired) electrons. The summed E-state index contributed by atoms with van der Waals surface area (Å²) >= 11 is 1.61. The van der Waals surface area contributed by atoms with Crippen LogP contribution in [0.15, 0.2) is 52.9 Å². The van der Waals surface area contributed by atoms with Crippen LogP contribution in [0.1, 0.15) is 36.8 Å². The van der Waals surface area contributed by atoms with Crippen LogP contribution >= 0.6 is 11.3 Å². The van der Waals surface area contributed by atoms with Crippen LogP contribution in [0.3, 0.4) is 0 Å². The second-order valence-corrected chi connectivity index (χ2v) is 8.00. The van der Waals surface area contributed by atoms with Gasteiger partial charge in [-0.3, -0.25) is 4.79 Å². The number of rotatable bonds is 10. The molecule has 1 aliphatic heterocycles. The molecule has 162 valence electrons. The van der Waals surface area contributed by atoms with E-state index in [1.54, 1.807) is 23.5 Å². The number of aliphatic hydroxyl groups is 1. The number of hydrogen-bond donors (Lipinski definition) is 2. The first-order valence-corrected chi connectivity index (χ1v) is 11.2. The zero-order valence-corrected chi connectivity index (χ0v) is 17.9. The van der Waals surface area contributed by atoms with Gasteiger partial charge in [-0.25, -0.2) is 4.39 Å². The Morgan fingerprint density at radius 3 is 2.77 bits per heavy atom. The molecule has 2 heterocycles. The van der Waals surface area contributed by atoms with Gasteiger partial charge in [0, 0.05) is 31.6 Å². The van der Waals surface area contributed by atoms with Crippen LogP contribution in [-0.2, 0) is 20.7 Å². The van der Waals surface area contributed by atoms with Gasteiger partial charge in [0.05, 0.1) is 0 Å². The molecule has 3 atom stereocenters. The molecule has 30 heavy (non-hydrogen) atoms. The predicted molar refractivity (Wildman–Crippen MR) is 115 cm³/mol. The third kappa shape index (κ3) is 5.90. The Morgan fingerprint density at radius 1 is 1.30 bits per heavy atom. The molecule has 0 fully saturated rings. The van der Waals surface area contributed by atoms with Crippen molar-refractivity contribution in [1.29, 1.82) is 0 Å². The van der Waals surface area contributed by atoms with Crippen molar-refractivity contribution in [2.45, 2.75) is 38.4 Å². The molecule has 1 aromatic heterocycles. The summed E-state index contributed by atoms with van der Waals surface area (Å²) in [6, 6.07) is 8.29. The standard InChI is InChI=1S/C23H28FNO4S/c1-2-28-23-19(4-3-12-26)20(17-10-13-30-15-17)14-21(29-23)22(27)25-11-9-16-5-7-18(24)8-6-16/h5-8,10,13-15,19-20,23,26H,2-4,9,11-12H2,1H3,(H,25,27)/t19-,20+,23+/m1/s1. The van der Waals surface area contributed by atoms with Gasteiger partial charge in [-0.2, -0.15) is 11.3 Å². The highest BCUT2D eigenvalue weighted by Gasteiger charge is 2.37. The zero-order chi connectivity index (χ0) is 21.3. The van der Waals surface area contributed by atoms with Crippen molar-refractivity contribution in [3.8, 4) is 0 Å². The average Bonchev–Trinajstić information content (AvgIpc) is 3.28. The summed E-state index contributed by atoms with van der Waals surface area (Å²) in [4.78, 5) is 12.8. The van der Waals surface area contributed by atoms with E-state index in [0.29, 0.717) is 26.0 Å². The van der Waals surface area contributed by atoms with Gasteiger partial charge >= 0.3 is 0 Å². The summed E-state index contributed by atoms with van der Waals surface area (Å²) in [6.45, 7) is 2.89. The van der Waals surface area contributed by atoms with Gasteiger partial charge in [0.15, 0.2) is 5.76 Å². The minimum absolute atomic E-state index is 0.0162. The summed E-state index contributed by atoms with van der Waals surface area (Å²) in [5, 5.41) is 16.3. The molecule has 0 aliphatic carbocycles. The predicted octanol–water partition coefficient (Wildman–Crippen LogP) is 4.00. The van der Waals surface area contributed by atoms with E-state index in [2.05, 4.69) is 16.8 Å². The van der Waals surface area contributed by atoms with Crippen molar-refractivity contribution >= 4 is 17.2 Å². The van der Waals surface area contributed by atoms with Gasteiger partial charge in [0.2, 0.25) is 6.29 Å². The van der Waals surface area contributed by atoms with Crippen LogP contribution in [0, 0.1) is 11.7 Å². The molecule has 2 aromatic rings. The van der Waals surface area contributed by atoms with Crippen molar-refractivity contribution in [2.75, 3.05) is 19.8 Å². The maximum absolute atomic E-state index is 13.0. The summed E-state index contributed by atoms with van der Waals surface area (Å²) in [6.07, 6.45) is 3.30. The molecule has 1 amide bonds. The Hall–Kier alpha value is -2.22. The van der Waals surface area contributed by atoms with Crippen LogP contribution in [0.5, 0.6) is 0 Å². The summed E-state index contributed by atoms with van der Waals surface area (Å²) in [5.74, 6) is -0.319.